The van der Waals surface area contributed by atoms with E-state index in [1.807, 2.05) is 74.4 Å². The van der Waals surface area contributed by atoms with Crippen molar-refractivity contribution in [3.8, 4) is 0 Å². The van der Waals surface area contributed by atoms with E-state index in [0.29, 0.717) is 34.3 Å². The van der Waals surface area contributed by atoms with E-state index in [2.05, 4.69) is 25.7 Å². The lowest BCUT2D eigenvalue weighted by molar-refractivity contribution is -0.142. The lowest BCUT2D eigenvalue weighted by Crippen LogP contribution is -2.50. The normalized spacial score (nSPS) is 29.8. The van der Waals surface area contributed by atoms with Gasteiger partial charge in [-0.1, -0.05) is 61.3 Å². The van der Waals surface area contributed by atoms with Gasteiger partial charge in [0.25, 0.3) is 5.91 Å². The fourth-order valence-corrected chi connectivity index (χ4v) is 8.98. The van der Waals surface area contributed by atoms with E-state index < -0.39 is 17.8 Å². The highest BCUT2D eigenvalue weighted by Gasteiger charge is 2.54. The molecule has 0 radical (unpaired) electrons. The molecule has 6 atom stereocenters. The third kappa shape index (κ3) is 5.57. The molecule has 7 nitrogen and oxygen atoms in total. The molecule has 2 aromatic rings. The molecule has 4 heterocycles. The van der Waals surface area contributed by atoms with E-state index in [1.54, 1.807) is 9.80 Å². The van der Waals surface area contributed by atoms with Crippen molar-refractivity contribution in [2.45, 2.75) is 76.4 Å². The van der Waals surface area contributed by atoms with E-state index in [4.69, 9.17) is 28.2 Å². The first-order valence-corrected chi connectivity index (χ1v) is 17.1. The van der Waals surface area contributed by atoms with Gasteiger partial charge in [0.1, 0.15) is 22.7 Å². The van der Waals surface area contributed by atoms with E-state index in [9.17, 15) is 14.0 Å². The van der Waals surface area contributed by atoms with Gasteiger partial charge in [-0.2, -0.15) is 0 Å². The molecule has 2 saturated heterocycles. The van der Waals surface area contributed by atoms with E-state index in [-0.39, 0.29) is 42.4 Å². The topological polar surface area (TPSA) is 59.5 Å². The predicted octanol–water partition coefficient (Wildman–Crippen LogP) is 6.73. The number of amides is 2. The van der Waals surface area contributed by atoms with Crippen LogP contribution in [0.1, 0.15) is 57.7 Å². The first kappa shape index (κ1) is 32.4. The van der Waals surface area contributed by atoms with E-state index in [1.165, 1.54) is 11.8 Å². The molecule has 0 unspecified atom stereocenters. The zero-order valence-electron chi connectivity index (χ0n) is 26.5. The summed E-state index contributed by atoms with van der Waals surface area (Å²) in [5.74, 6) is -0.334. The minimum absolute atomic E-state index is 0.00898. The fraction of sp³-hybridized carbons (Fsp3) is 0.500. The number of hydrogen-bond donors (Lipinski definition) is 0. The molecule has 0 aliphatic carbocycles. The molecule has 4 aliphatic rings. The van der Waals surface area contributed by atoms with Crippen molar-refractivity contribution in [2.75, 3.05) is 27.2 Å². The number of alkyl halides is 1. The Hall–Kier alpha value is -2.59. The Labute approximate surface area is 279 Å². The Balaban J connectivity index is 1.37. The third-order valence-corrected chi connectivity index (χ3v) is 11.3. The lowest BCUT2D eigenvalue weighted by Gasteiger charge is -2.37. The summed E-state index contributed by atoms with van der Waals surface area (Å²) >= 11 is 14.0. The molecular weight excluding hydrogens is 632 g/mol. The highest BCUT2D eigenvalue weighted by molar-refractivity contribution is 8.18. The molecule has 0 aromatic heterocycles. The number of amidine groups is 1. The molecule has 11 heteroatoms. The summed E-state index contributed by atoms with van der Waals surface area (Å²) in [5, 5.41) is 2.05. The number of fused-ring (bicyclic) bond motifs is 1. The Morgan fingerprint density at radius 1 is 1.02 bits per heavy atom. The predicted molar refractivity (Wildman–Crippen MR) is 180 cm³/mol. The summed E-state index contributed by atoms with van der Waals surface area (Å²) in [6.07, 6.45) is 0.166. The van der Waals surface area contributed by atoms with Crippen LogP contribution in [0.2, 0.25) is 10.0 Å². The Bertz CT molecular complexity index is 1550. The van der Waals surface area contributed by atoms with Crippen molar-refractivity contribution >= 4 is 51.9 Å². The van der Waals surface area contributed by atoms with E-state index >= 15 is 0 Å². The van der Waals surface area contributed by atoms with Crippen LogP contribution in [-0.2, 0) is 15.1 Å². The number of rotatable bonds is 6. The van der Waals surface area contributed by atoms with Crippen molar-refractivity contribution < 1.29 is 14.0 Å². The smallest absolute Gasteiger partial charge is 0.263 e. The molecule has 0 spiro atoms. The maximum atomic E-state index is 14.8. The SMILES string of the molecule is CC(C)C1=C(C(=O)N2[C@H](C)CC[C@@H]2C(=O)N2C[C@@H](F)[C@H](N(C)C)C2)SC2=N[C@@](C)(c3ccc(Cl)cc3)[C@@H](c3ccc(Cl)cc3)N21. The molecule has 4 aliphatic heterocycles. The van der Waals surface area contributed by atoms with Gasteiger partial charge in [-0.3, -0.25) is 9.59 Å². The van der Waals surface area contributed by atoms with Gasteiger partial charge in [0.2, 0.25) is 5.91 Å². The number of carbonyl (C=O) groups excluding carboxylic acids is 2. The van der Waals surface area contributed by atoms with Gasteiger partial charge in [0.05, 0.1) is 18.6 Å². The molecular formula is C34H40Cl2FN5O2S. The Morgan fingerprint density at radius 3 is 2.22 bits per heavy atom. The van der Waals surface area contributed by atoms with Gasteiger partial charge in [0, 0.05) is 28.3 Å². The summed E-state index contributed by atoms with van der Waals surface area (Å²) in [4.78, 5) is 41.8. The second-order valence-electron chi connectivity index (χ2n) is 13.3. The number of allylic oxidation sites excluding steroid dienone is 1. The zero-order chi connectivity index (χ0) is 32.4. The van der Waals surface area contributed by atoms with Crippen LogP contribution < -0.4 is 0 Å². The number of likely N-dealkylation sites (N-methyl/N-ethyl adjacent to an activating group) is 1. The number of halogens is 3. The lowest BCUT2D eigenvalue weighted by atomic mass is 9.81. The number of hydrogen-bond acceptors (Lipinski definition) is 6. The minimum atomic E-state index is -1.11. The molecule has 6 rings (SSSR count). The molecule has 0 N–H and O–H groups in total. The first-order chi connectivity index (χ1) is 21.3. The summed E-state index contributed by atoms with van der Waals surface area (Å²) in [6.45, 7) is 8.67. The summed E-state index contributed by atoms with van der Waals surface area (Å²) in [7, 11) is 3.67. The molecule has 0 bridgehead atoms. The molecule has 0 saturated carbocycles. The molecule has 2 aromatic carbocycles. The molecule has 2 amide bonds. The maximum Gasteiger partial charge on any atom is 0.263 e. The van der Waals surface area contributed by atoms with Gasteiger partial charge in [0.15, 0.2) is 5.17 Å². The zero-order valence-corrected chi connectivity index (χ0v) is 28.8. The van der Waals surface area contributed by atoms with Crippen LogP contribution in [0.25, 0.3) is 0 Å². The van der Waals surface area contributed by atoms with Crippen LogP contribution >= 0.6 is 35.0 Å². The average Bonchev–Trinajstić information content (AvgIpc) is 3.74. The number of likely N-dealkylation sites (tertiary alicyclic amines) is 2. The van der Waals surface area contributed by atoms with Crippen LogP contribution in [0.4, 0.5) is 4.39 Å². The van der Waals surface area contributed by atoms with Gasteiger partial charge in [-0.25, -0.2) is 9.38 Å². The van der Waals surface area contributed by atoms with Gasteiger partial charge >= 0.3 is 0 Å². The minimum Gasteiger partial charge on any atom is -0.336 e. The van der Waals surface area contributed by atoms with Gasteiger partial charge in [-0.15, -0.1) is 0 Å². The van der Waals surface area contributed by atoms with Crippen LogP contribution in [0.15, 0.2) is 64.1 Å². The van der Waals surface area contributed by atoms with Crippen molar-refractivity contribution in [3.63, 3.8) is 0 Å². The van der Waals surface area contributed by atoms with Crippen molar-refractivity contribution in [1.82, 2.24) is 19.6 Å². The number of aliphatic imine (C=N–C) groups is 1. The molecule has 240 valence electrons. The number of thioether (sulfide) groups is 1. The summed E-state index contributed by atoms with van der Waals surface area (Å²) < 4.78 is 14.8. The summed E-state index contributed by atoms with van der Waals surface area (Å²) in [5.41, 5.74) is 2.26. The van der Waals surface area contributed by atoms with Crippen molar-refractivity contribution in [1.29, 1.82) is 0 Å². The summed E-state index contributed by atoms with van der Waals surface area (Å²) in [6, 6.07) is 14.3. The van der Waals surface area contributed by atoms with Crippen molar-refractivity contribution in [2.24, 2.45) is 10.9 Å². The molecule has 2 fully saturated rings. The number of nitrogens with zero attached hydrogens (tertiary/aromatic N) is 5. The monoisotopic (exact) mass is 671 g/mol. The van der Waals surface area contributed by atoms with Crippen molar-refractivity contribution in [3.05, 3.63) is 80.3 Å². The Morgan fingerprint density at radius 2 is 1.64 bits per heavy atom. The first-order valence-electron chi connectivity index (χ1n) is 15.6. The highest BCUT2D eigenvalue weighted by Crippen LogP contribution is 2.56. The largest absolute Gasteiger partial charge is 0.336 e. The fourth-order valence-electron chi connectivity index (χ4n) is 7.37. The van der Waals surface area contributed by atoms with Gasteiger partial charge < -0.3 is 19.6 Å². The van der Waals surface area contributed by atoms with Crippen LogP contribution in [0.5, 0.6) is 0 Å². The maximum absolute atomic E-state index is 14.8. The second kappa shape index (κ2) is 12.2. The second-order valence-corrected chi connectivity index (χ2v) is 15.1. The Kier molecular flexibility index (Phi) is 8.78. The quantitative estimate of drug-likeness (QED) is 0.341. The van der Waals surface area contributed by atoms with Gasteiger partial charge in [-0.05, 0) is 93.9 Å². The van der Waals surface area contributed by atoms with E-state index in [0.717, 1.165) is 22.0 Å². The standard InChI is InChI=1S/C34H40Cl2FN5O2S/c1-19(2)28-29(32(44)41-20(3)7-16-26(41)31(43)40-17-25(37)27(18-40)39(5)6)45-33-38-34(4,22-10-14-24(36)15-11-22)30(42(28)33)21-8-12-23(35)13-9-21/h8-15,19-20,25-27,30H,7,16-18H2,1-6H3/t20-,25-,26-,27-,30-,34+/m1/s1. The highest BCUT2D eigenvalue weighted by atomic mass is 35.5. The van der Waals surface area contributed by atoms with Crippen LogP contribution in [0.3, 0.4) is 0 Å². The number of carbonyl (C=O) groups is 2. The average molecular weight is 673 g/mol. The van der Waals surface area contributed by atoms with Crippen LogP contribution in [0, 0.1) is 5.92 Å². The molecule has 45 heavy (non-hydrogen) atoms. The van der Waals surface area contributed by atoms with Crippen LogP contribution in [-0.4, -0.2) is 88.1 Å². The number of benzene rings is 2. The third-order valence-electron chi connectivity index (χ3n) is 9.75.